The molecule has 1 saturated heterocycles. The van der Waals surface area contributed by atoms with Crippen molar-refractivity contribution in [3.05, 3.63) is 29.8 Å². The highest BCUT2D eigenvalue weighted by Gasteiger charge is 2.42. The normalized spacial score (nSPS) is 25.8. The van der Waals surface area contributed by atoms with Gasteiger partial charge in [0.05, 0.1) is 11.3 Å². The summed E-state index contributed by atoms with van der Waals surface area (Å²) in [6.07, 6.45) is 5.13. The van der Waals surface area contributed by atoms with Crippen LogP contribution in [0.5, 0.6) is 0 Å². The fraction of sp³-hybridized carbons (Fsp3) is 0.571. The van der Waals surface area contributed by atoms with E-state index in [0.29, 0.717) is 6.61 Å². The molecule has 1 spiro atoms. The Kier molecular flexibility index (Phi) is 2.98. The lowest BCUT2D eigenvalue weighted by Gasteiger charge is -2.47. The van der Waals surface area contributed by atoms with Crippen LogP contribution in [-0.2, 0) is 4.74 Å². The SMILES string of the molecule is Fc1ccc(F)c(NC2CCOC3(CCC3)C2)c1. The second-order valence-corrected chi connectivity index (χ2v) is 5.34. The molecule has 0 radical (unpaired) electrons. The molecule has 1 N–H and O–H groups in total. The number of hydrogen-bond acceptors (Lipinski definition) is 2. The van der Waals surface area contributed by atoms with Crippen molar-refractivity contribution in [2.24, 2.45) is 0 Å². The molecule has 18 heavy (non-hydrogen) atoms. The van der Waals surface area contributed by atoms with Gasteiger partial charge in [-0.25, -0.2) is 8.78 Å². The van der Waals surface area contributed by atoms with Crippen molar-refractivity contribution in [2.75, 3.05) is 11.9 Å². The lowest BCUT2D eigenvalue weighted by atomic mass is 9.74. The first-order valence-electron chi connectivity index (χ1n) is 6.52. The Labute approximate surface area is 105 Å². The summed E-state index contributed by atoms with van der Waals surface area (Å²) in [6.45, 7) is 0.703. The molecule has 0 bridgehead atoms. The molecule has 2 fully saturated rings. The molecule has 1 aliphatic heterocycles. The van der Waals surface area contributed by atoms with Crippen molar-refractivity contribution in [1.29, 1.82) is 0 Å². The standard InChI is InChI=1S/C14H17F2NO/c15-10-2-3-12(16)13(8-10)17-11-4-7-18-14(9-11)5-1-6-14/h2-3,8,11,17H,1,4-7,9H2. The first-order chi connectivity index (χ1) is 8.67. The number of ether oxygens (including phenoxy) is 1. The summed E-state index contributed by atoms with van der Waals surface area (Å²) >= 11 is 0. The van der Waals surface area contributed by atoms with E-state index in [1.165, 1.54) is 12.5 Å². The molecule has 1 aromatic rings. The fourth-order valence-corrected chi connectivity index (χ4v) is 2.90. The summed E-state index contributed by atoms with van der Waals surface area (Å²) in [5, 5.41) is 3.12. The van der Waals surface area contributed by atoms with Crippen LogP contribution in [0.25, 0.3) is 0 Å². The molecule has 1 unspecified atom stereocenters. The van der Waals surface area contributed by atoms with Crippen LogP contribution in [0.2, 0.25) is 0 Å². The molecule has 4 heteroatoms. The summed E-state index contributed by atoms with van der Waals surface area (Å²) < 4.78 is 32.5. The van der Waals surface area contributed by atoms with Crippen LogP contribution >= 0.6 is 0 Å². The van der Waals surface area contributed by atoms with Crippen molar-refractivity contribution in [3.63, 3.8) is 0 Å². The Bertz CT molecular complexity index is 445. The average molecular weight is 253 g/mol. The van der Waals surface area contributed by atoms with E-state index in [1.54, 1.807) is 0 Å². The number of halogens is 2. The largest absolute Gasteiger partial charge is 0.380 e. The van der Waals surface area contributed by atoms with Gasteiger partial charge >= 0.3 is 0 Å². The second kappa shape index (κ2) is 4.50. The van der Waals surface area contributed by atoms with Gasteiger partial charge in [-0.3, -0.25) is 0 Å². The average Bonchev–Trinajstić information content (AvgIpc) is 2.32. The molecule has 98 valence electrons. The summed E-state index contributed by atoms with van der Waals surface area (Å²) in [4.78, 5) is 0. The van der Waals surface area contributed by atoms with Crippen LogP contribution in [0.1, 0.15) is 32.1 Å². The molecule has 1 saturated carbocycles. The van der Waals surface area contributed by atoms with Crippen LogP contribution in [0.15, 0.2) is 18.2 Å². The maximum Gasteiger partial charge on any atom is 0.146 e. The highest BCUT2D eigenvalue weighted by atomic mass is 19.1. The molecule has 1 aromatic carbocycles. The molecular formula is C14H17F2NO. The van der Waals surface area contributed by atoms with Crippen LogP contribution in [0.3, 0.4) is 0 Å². The summed E-state index contributed by atoms with van der Waals surface area (Å²) in [5.74, 6) is -0.810. The molecule has 1 atom stereocenters. The molecule has 0 aromatic heterocycles. The zero-order valence-electron chi connectivity index (χ0n) is 10.2. The third-order valence-corrected chi connectivity index (χ3v) is 4.05. The fourth-order valence-electron chi connectivity index (χ4n) is 2.90. The predicted molar refractivity (Wildman–Crippen MR) is 65.5 cm³/mol. The Hall–Kier alpha value is -1.16. The van der Waals surface area contributed by atoms with Gasteiger partial charge in [-0.05, 0) is 50.3 Å². The van der Waals surface area contributed by atoms with E-state index < -0.39 is 11.6 Å². The molecule has 2 nitrogen and oxygen atoms in total. The van der Waals surface area contributed by atoms with Crippen molar-refractivity contribution < 1.29 is 13.5 Å². The van der Waals surface area contributed by atoms with Crippen molar-refractivity contribution in [2.45, 2.75) is 43.7 Å². The van der Waals surface area contributed by atoms with Crippen LogP contribution in [0.4, 0.5) is 14.5 Å². The van der Waals surface area contributed by atoms with Gasteiger partial charge in [0.25, 0.3) is 0 Å². The number of rotatable bonds is 2. The van der Waals surface area contributed by atoms with Crippen LogP contribution < -0.4 is 5.32 Å². The molecule has 3 rings (SSSR count). The van der Waals surface area contributed by atoms with E-state index in [-0.39, 0.29) is 17.3 Å². The maximum absolute atomic E-state index is 13.6. The lowest BCUT2D eigenvalue weighted by molar-refractivity contribution is -0.130. The van der Waals surface area contributed by atoms with Crippen molar-refractivity contribution in [1.82, 2.24) is 0 Å². The Morgan fingerprint density at radius 2 is 2.11 bits per heavy atom. The van der Waals surface area contributed by atoms with Gasteiger partial charge in [-0.2, -0.15) is 0 Å². The van der Waals surface area contributed by atoms with E-state index >= 15 is 0 Å². The van der Waals surface area contributed by atoms with Gasteiger partial charge in [0.15, 0.2) is 0 Å². The number of benzene rings is 1. The maximum atomic E-state index is 13.6. The second-order valence-electron chi connectivity index (χ2n) is 5.34. The minimum Gasteiger partial charge on any atom is -0.380 e. The Balaban J connectivity index is 1.70. The van der Waals surface area contributed by atoms with Crippen molar-refractivity contribution >= 4 is 5.69 Å². The quantitative estimate of drug-likeness (QED) is 0.871. The monoisotopic (exact) mass is 253 g/mol. The van der Waals surface area contributed by atoms with Gasteiger partial charge in [0, 0.05) is 12.6 Å². The highest BCUT2D eigenvalue weighted by molar-refractivity contribution is 5.45. The van der Waals surface area contributed by atoms with E-state index in [9.17, 15) is 8.78 Å². The minimum atomic E-state index is -0.413. The van der Waals surface area contributed by atoms with Gasteiger partial charge in [0.1, 0.15) is 11.6 Å². The topological polar surface area (TPSA) is 21.3 Å². The number of nitrogens with one attached hydrogen (secondary N) is 1. The summed E-state index contributed by atoms with van der Waals surface area (Å²) in [5.41, 5.74) is 0.274. The number of anilines is 1. The zero-order valence-corrected chi connectivity index (χ0v) is 10.2. The molecule has 2 aliphatic rings. The molecule has 0 amide bonds. The Morgan fingerprint density at radius 1 is 1.28 bits per heavy atom. The first kappa shape index (κ1) is 11.9. The van der Waals surface area contributed by atoms with Gasteiger partial charge in [-0.1, -0.05) is 0 Å². The smallest absolute Gasteiger partial charge is 0.146 e. The van der Waals surface area contributed by atoms with Gasteiger partial charge < -0.3 is 10.1 Å². The molecular weight excluding hydrogens is 236 g/mol. The summed E-state index contributed by atoms with van der Waals surface area (Å²) in [7, 11) is 0. The third-order valence-electron chi connectivity index (χ3n) is 4.05. The Morgan fingerprint density at radius 3 is 2.83 bits per heavy atom. The first-order valence-corrected chi connectivity index (χ1v) is 6.52. The minimum absolute atomic E-state index is 0.0136. The molecule has 1 heterocycles. The van der Waals surface area contributed by atoms with Gasteiger partial charge in [0.2, 0.25) is 0 Å². The highest BCUT2D eigenvalue weighted by Crippen LogP contribution is 2.42. The van der Waals surface area contributed by atoms with Gasteiger partial charge in [-0.15, -0.1) is 0 Å². The van der Waals surface area contributed by atoms with E-state index in [4.69, 9.17) is 4.74 Å². The third kappa shape index (κ3) is 2.21. The van der Waals surface area contributed by atoms with E-state index in [2.05, 4.69) is 5.32 Å². The van der Waals surface area contributed by atoms with Crippen molar-refractivity contribution in [3.8, 4) is 0 Å². The summed E-state index contributed by atoms with van der Waals surface area (Å²) in [6, 6.07) is 3.70. The van der Waals surface area contributed by atoms with Crippen LogP contribution in [-0.4, -0.2) is 18.2 Å². The lowest BCUT2D eigenvalue weighted by Crippen LogP contribution is -2.49. The number of hydrogen-bond donors (Lipinski definition) is 1. The zero-order chi connectivity index (χ0) is 12.6. The van der Waals surface area contributed by atoms with E-state index in [0.717, 1.165) is 37.8 Å². The molecule has 1 aliphatic carbocycles. The van der Waals surface area contributed by atoms with E-state index in [1.807, 2.05) is 0 Å². The predicted octanol–water partition coefficient (Wildman–Crippen LogP) is 3.48. The van der Waals surface area contributed by atoms with Crippen LogP contribution in [0, 0.1) is 11.6 Å².